The molecule has 0 fully saturated rings. The number of rotatable bonds is 3. The van der Waals surface area contributed by atoms with Crippen molar-refractivity contribution in [3.05, 3.63) is 23.5 Å². The Balaban J connectivity index is 3.91. The first-order valence-corrected chi connectivity index (χ1v) is 3.58. The zero-order valence-corrected chi connectivity index (χ0v) is 7.27. The van der Waals surface area contributed by atoms with Crippen molar-refractivity contribution in [3.63, 3.8) is 0 Å². The van der Waals surface area contributed by atoms with E-state index < -0.39 is 0 Å². The first-order valence-electron chi connectivity index (χ1n) is 3.58. The van der Waals surface area contributed by atoms with E-state index in [1.54, 1.807) is 7.11 Å². The molecule has 0 amide bonds. The van der Waals surface area contributed by atoms with E-state index in [-0.39, 0.29) is 0 Å². The Morgan fingerprint density at radius 2 is 1.90 bits per heavy atom. The van der Waals surface area contributed by atoms with Crippen LogP contribution in [0.5, 0.6) is 0 Å². The molecule has 0 saturated heterocycles. The summed E-state index contributed by atoms with van der Waals surface area (Å²) in [5, 5.41) is 0. The zero-order chi connectivity index (χ0) is 7.98. The van der Waals surface area contributed by atoms with E-state index in [0.29, 0.717) is 0 Å². The molecular weight excluding hydrogens is 124 g/mol. The second kappa shape index (κ2) is 5.10. The standard InChI is InChI=1S/C9H16O/c1-5-8(2)6-7-9(3)10-4/h6-7H,5H2,1-4H3. The van der Waals surface area contributed by atoms with Crippen LogP contribution in [0.15, 0.2) is 23.5 Å². The average Bonchev–Trinajstić information content (AvgIpc) is 1.99. The molecule has 1 nitrogen and oxygen atoms in total. The largest absolute Gasteiger partial charge is 0.501 e. The zero-order valence-electron chi connectivity index (χ0n) is 7.27. The van der Waals surface area contributed by atoms with E-state index in [9.17, 15) is 0 Å². The maximum Gasteiger partial charge on any atom is 0.0924 e. The van der Waals surface area contributed by atoms with Crippen LogP contribution >= 0.6 is 0 Å². The summed E-state index contributed by atoms with van der Waals surface area (Å²) in [6, 6.07) is 0. The van der Waals surface area contributed by atoms with Crippen molar-refractivity contribution in [3.8, 4) is 0 Å². The smallest absolute Gasteiger partial charge is 0.0924 e. The van der Waals surface area contributed by atoms with Crippen molar-refractivity contribution in [2.45, 2.75) is 27.2 Å². The van der Waals surface area contributed by atoms with Crippen molar-refractivity contribution in [1.82, 2.24) is 0 Å². The molecule has 0 aromatic heterocycles. The molecule has 0 unspecified atom stereocenters. The van der Waals surface area contributed by atoms with Gasteiger partial charge < -0.3 is 4.74 Å². The molecule has 0 aliphatic carbocycles. The third kappa shape index (κ3) is 4.19. The Morgan fingerprint density at radius 3 is 2.30 bits per heavy atom. The van der Waals surface area contributed by atoms with Gasteiger partial charge in [-0.25, -0.2) is 0 Å². The summed E-state index contributed by atoms with van der Waals surface area (Å²) in [6.45, 7) is 6.20. The fraction of sp³-hybridized carbons (Fsp3) is 0.556. The van der Waals surface area contributed by atoms with E-state index in [2.05, 4.69) is 19.9 Å². The van der Waals surface area contributed by atoms with Crippen molar-refractivity contribution < 1.29 is 4.74 Å². The van der Waals surface area contributed by atoms with Gasteiger partial charge in [0.1, 0.15) is 0 Å². The number of hydrogen-bond acceptors (Lipinski definition) is 1. The molecule has 0 aromatic rings. The molecular formula is C9H16O. The Morgan fingerprint density at radius 1 is 1.30 bits per heavy atom. The Labute approximate surface area is 63.4 Å². The Hall–Kier alpha value is -0.720. The van der Waals surface area contributed by atoms with Gasteiger partial charge in [0.2, 0.25) is 0 Å². The number of allylic oxidation sites excluding steroid dienone is 4. The molecule has 0 saturated carbocycles. The van der Waals surface area contributed by atoms with Crippen molar-refractivity contribution in [2.75, 3.05) is 7.11 Å². The molecule has 0 aliphatic rings. The highest BCUT2D eigenvalue weighted by molar-refractivity contribution is 5.11. The fourth-order valence-corrected chi connectivity index (χ4v) is 0.446. The highest BCUT2D eigenvalue weighted by Gasteiger charge is 1.82. The van der Waals surface area contributed by atoms with Gasteiger partial charge in [-0.2, -0.15) is 0 Å². The summed E-state index contributed by atoms with van der Waals surface area (Å²) in [4.78, 5) is 0. The summed E-state index contributed by atoms with van der Waals surface area (Å²) in [5.74, 6) is 0.952. The number of ether oxygens (including phenoxy) is 1. The normalized spacial score (nSPS) is 13.6. The van der Waals surface area contributed by atoms with Crippen molar-refractivity contribution in [2.24, 2.45) is 0 Å². The van der Waals surface area contributed by atoms with Crippen LogP contribution in [0.4, 0.5) is 0 Å². The molecule has 0 rings (SSSR count). The SMILES string of the molecule is CCC(C)=CC=C(C)OC. The van der Waals surface area contributed by atoms with E-state index >= 15 is 0 Å². The van der Waals surface area contributed by atoms with Crippen LogP contribution in [-0.4, -0.2) is 7.11 Å². The third-order valence-corrected chi connectivity index (χ3v) is 1.48. The maximum absolute atomic E-state index is 4.96. The van der Waals surface area contributed by atoms with Crippen LogP contribution in [0, 0.1) is 0 Å². The highest BCUT2D eigenvalue weighted by Crippen LogP contribution is 2.00. The lowest BCUT2D eigenvalue weighted by Crippen LogP contribution is -1.77. The number of hydrogen-bond donors (Lipinski definition) is 0. The minimum Gasteiger partial charge on any atom is -0.501 e. The lowest BCUT2D eigenvalue weighted by molar-refractivity contribution is 0.293. The monoisotopic (exact) mass is 140 g/mol. The molecule has 10 heavy (non-hydrogen) atoms. The quantitative estimate of drug-likeness (QED) is 0.432. The highest BCUT2D eigenvalue weighted by atomic mass is 16.5. The predicted molar refractivity (Wildman–Crippen MR) is 44.8 cm³/mol. The molecule has 1 heteroatoms. The van der Waals surface area contributed by atoms with Crippen LogP contribution in [0.1, 0.15) is 27.2 Å². The van der Waals surface area contributed by atoms with Gasteiger partial charge in [-0.3, -0.25) is 0 Å². The van der Waals surface area contributed by atoms with Crippen LogP contribution in [-0.2, 0) is 4.74 Å². The molecule has 0 bridgehead atoms. The topological polar surface area (TPSA) is 9.23 Å². The van der Waals surface area contributed by atoms with Crippen LogP contribution in [0.3, 0.4) is 0 Å². The van der Waals surface area contributed by atoms with Gasteiger partial charge in [0.15, 0.2) is 0 Å². The van der Waals surface area contributed by atoms with Gasteiger partial charge in [-0.1, -0.05) is 18.6 Å². The predicted octanol–water partition coefficient (Wildman–Crippen LogP) is 2.89. The van der Waals surface area contributed by atoms with Gasteiger partial charge in [-0.05, 0) is 26.3 Å². The summed E-state index contributed by atoms with van der Waals surface area (Å²) in [5.41, 5.74) is 1.37. The number of methoxy groups -OCH3 is 1. The fourth-order valence-electron chi connectivity index (χ4n) is 0.446. The van der Waals surface area contributed by atoms with Crippen LogP contribution in [0.25, 0.3) is 0 Å². The molecule has 58 valence electrons. The molecule has 0 aromatic carbocycles. The summed E-state index contributed by atoms with van der Waals surface area (Å²) < 4.78 is 4.96. The van der Waals surface area contributed by atoms with Gasteiger partial charge in [0.05, 0.1) is 12.9 Å². The van der Waals surface area contributed by atoms with Crippen molar-refractivity contribution in [1.29, 1.82) is 0 Å². The first-order chi connectivity index (χ1) is 4.70. The first kappa shape index (κ1) is 9.28. The average molecular weight is 140 g/mol. The van der Waals surface area contributed by atoms with Gasteiger partial charge in [-0.15, -0.1) is 0 Å². The maximum atomic E-state index is 4.96. The van der Waals surface area contributed by atoms with E-state index in [1.807, 2.05) is 13.0 Å². The molecule has 0 aliphatic heterocycles. The minimum atomic E-state index is 0.952. The van der Waals surface area contributed by atoms with Gasteiger partial charge in [0, 0.05) is 0 Å². The van der Waals surface area contributed by atoms with Crippen molar-refractivity contribution >= 4 is 0 Å². The Kier molecular flexibility index (Phi) is 4.73. The Bertz CT molecular complexity index is 125. The molecule has 0 spiro atoms. The van der Waals surface area contributed by atoms with E-state index in [4.69, 9.17) is 4.74 Å². The molecule has 0 heterocycles. The minimum absolute atomic E-state index is 0.952. The van der Waals surface area contributed by atoms with Gasteiger partial charge >= 0.3 is 0 Å². The van der Waals surface area contributed by atoms with Crippen LogP contribution < -0.4 is 0 Å². The molecule has 0 atom stereocenters. The molecule has 0 N–H and O–H groups in total. The summed E-state index contributed by atoms with van der Waals surface area (Å²) in [7, 11) is 1.68. The lowest BCUT2D eigenvalue weighted by Gasteiger charge is -1.95. The van der Waals surface area contributed by atoms with Crippen LogP contribution in [0.2, 0.25) is 0 Å². The van der Waals surface area contributed by atoms with E-state index in [1.165, 1.54) is 5.57 Å². The lowest BCUT2D eigenvalue weighted by atomic mass is 10.2. The summed E-state index contributed by atoms with van der Waals surface area (Å²) in [6.07, 6.45) is 5.17. The van der Waals surface area contributed by atoms with Gasteiger partial charge in [0.25, 0.3) is 0 Å². The third-order valence-electron chi connectivity index (χ3n) is 1.48. The second-order valence-corrected chi connectivity index (χ2v) is 2.35. The second-order valence-electron chi connectivity index (χ2n) is 2.35. The molecule has 0 radical (unpaired) electrons. The summed E-state index contributed by atoms with van der Waals surface area (Å²) >= 11 is 0. The van der Waals surface area contributed by atoms with E-state index in [0.717, 1.165) is 12.2 Å².